The molecule has 0 bridgehead atoms. The average Bonchev–Trinajstić information content (AvgIpc) is 2.26. The first-order valence-electron chi connectivity index (χ1n) is 4.93. The SMILES string of the molecule is COc1ccc(CNC(C)CN)cc1F. The van der Waals surface area contributed by atoms with E-state index in [0.717, 1.165) is 5.56 Å². The van der Waals surface area contributed by atoms with Crippen LogP contribution in [0.4, 0.5) is 4.39 Å². The van der Waals surface area contributed by atoms with Gasteiger partial charge in [0.1, 0.15) is 0 Å². The highest BCUT2D eigenvalue weighted by atomic mass is 19.1. The van der Waals surface area contributed by atoms with Crippen LogP contribution in [0.15, 0.2) is 18.2 Å². The lowest BCUT2D eigenvalue weighted by atomic mass is 10.2. The van der Waals surface area contributed by atoms with Crippen LogP contribution in [0.3, 0.4) is 0 Å². The summed E-state index contributed by atoms with van der Waals surface area (Å²) in [5, 5.41) is 3.18. The van der Waals surface area contributed by atoms with Crippen LogP contribution in [0, 0.1) is 5.82 Å². The topological polar surface area (TPSA) is 47.3 Å². The number of rotatable bonds is 5. The van der Waals surface area contributed by atoms with E-state index >= 15 is 0 Å². The summed E-state index contributed by atoms with van der Waals surface area (Å²) in [6.07, 6.45) is 0. The summed E-state index contributed by atoms with van der Waals surface area (Å²) >= 11 is 0. The van der Waals surface area contributed by atoms with E-state index in [1.807, 2.05) is 13.0 Å². The van der Waals surface area contributed by atoms with Crippen LogP contribution < -0.4 is 15.8 Å². The van der Waals surface area contributed by atoms with Crippen molar-refractivity contribution in [2.75, 3.05) is 13.7 Å². The van der Waals surface area contributed by atoms with Crippen LogP contribution in [0.5, 0.6) is 5.75 Å². The molecule has 3 N–H and O–H groups in total. The van der Waals surface area contributed by atoms with Gasteiger partial charge in [0.05, 0.1) is 7.11 Å². The van der Waals surface area contributed by atoms with E-state index in [1.165, 1.54) is 13.2 Å². The van der Waals surface area contributed by atoms with Gasteiger partial charge < -0.3 is 15.8 Å². The van der Waals surface area contributed by atoms with Crippen LogP contribution >= 0.6 is 0 Å². The van der Waals surface area contributed by atoms with Crippen molar-refractivity contribution in [2.45, 2.75) is 19.5 Å². The van der Waals surface area contributed by atoms with Gasteiger partial charge in [-0.1, -0.05) is 6.07 Å². The number of hydrogen-bond donors (Lipinski definition) is 2. The molecule has 1 rings (SSSR count). The van der Waals surface area contributed by atoms with Crippen LogP contribution in [0.2, 0.25) is 0 Å². The normalized spacial score (nSPS) is 12.5. The summed E-state index contributed by atoms with van der Waals surface area (Å²) in [5.41, 5.74) is 6.34. The largest absolute Gasteiger partial charge is 0.494 e. The first-order valence-corrected chi connectivity index (χ1v) is 4.93. The Morgan fingerprint density at radius 1 is 1.53 bits per heavy atom. The highest BCUT2D eigenvalue weighted by molar-refractivity contribution is 5.29. The first-order chi connectivity index (χ1) is 7.17. The molecule has 0 radical (unpaired) electrons. The monoisotopic (exact) mass is 212 g/mol. The number of nitrogens with two attached hydrogens (primary N) is 1. The summed E-state index contributed by atoms with van der Waals surface area (Å²) in [6, 6.07) is 5.15. The maximum Gasteiger partial charge on any atom is 0.165 e. The van der Waals surface area contributed by atoms with Gasteiger partial charge in [0, 0.05) is 19.1 Å². The Kier molecular flexibility index (Phi) is 4.52. The highest BCUT2D eigenvalue weighted by Crippen LogP contribution is 2.17. The predicted octanol–water partition coefficient (Wildman–Crippen LogP) is 1.27. The zero-order chi connectivity index (χ0) is 11.3. The maximum absolute atomic E-state index is 13.3. The molecule has 0 fully saturated rings. The fourth-order valence-electron chi connectivity index (χ4n) is 1.20. The number of nitrogens with one attached hydrogen (secondary N) is 1. The van der Waals surface area contributed by atoms with Crippen LogP contribution in [-0.2, 0) is 6.54 Å². The summed E-state index contributed by atoms with van der Waals surface area (Å²) in [4.78, 5) is 0. The van der Waals surface area contributed by atoms with Gasteiger partial charge in [-0.05, 0) is 24.6 Å². The zero-order valence-electron chi connectivity index (χ0n) is 9.09. The molecule has 0 aliphatic rings. The molecule has 15 heavy (non-hydrogen) atoms. The predicted molar refractivity (Wildman–Crippen MR) is 58.3 cm³/mol. The van der Waals surface area contributed by atoms with Crippen molar-refractivity contribution < 1.29 is 9.13 Å². The second-order valence-electron chi connectivity index (χ2n) is 3.49. The molecule has 1 atom stereocenters. The lowest BCUT2D eigenvalue weighted by Gasteiger charge is -2.11. The lowest BCUT2D eigenvalue weighted by Crippen LogP contribution is -2.32. The molecule has 84 valence electrons. The summed E-state index contributed by atoms with van der Waals surface area (Å²) < 4.78 is 18.1. The molecule has 0 spiro atoms. The van der Waals surface area contributed by atoms with Gasteiger partial charge >= 0.3 is 0 Å². The first kappa shape index (κ1) is 11.9. The van der Waals surface area contributed by atoms with Crippen molar-refractivity contribution in [3.63, 3.8) is 0 Å². The van der Waals surface area contributed by atoms with Gasteiger partial charge in [-0.15, -0.1) is 0 Å². The van der Waals surface area contributed by atoms with E-state index in [2.05, 4.69) is 5.32 Å². The van der Waals surface area contributed by atoms with E-state index in [1.54, 1.807) is 6.07 Å². The second kappa shape index (κ2) is 5.68. The van der Waals surface area contributed by atoms with Gasteiger partial charge in [0.2, 0.25) is 0 Å². The minimum atomic E-state index is -0.336. The van der Waals surface area contributed by atoms with Gasteiger partial charge in [-0.3, -0.25) is 0 Å². The Labute approximate surface area is 89.4 Å². The lowest BCUT2D eigenvalue weighted by molar-refractivity contribution is 0.386. The number of ether oxygens (including phenoxy) is 1. The van der Waals surface area contributed by atoms with Crippen molar-refractivity contribution in [3.05, 3.63) is 29.6 Å². The third-order valence-corrected chi connectivity index (χ3v) is 2.22. The van der Waals surface area contributed by atoms with Crippen LogP contribution in [-0.4, -0.2) is 19.7 Å². The summed E-state index contributed by atoms with van der Waals surface area (Å²) in [6.45, 7) is 3.16. The van der Waals surface area contributed by atoms with Crippen molar-refractivity contribution in [1.29, 1.82) is 0 Å². The molecule has 0 aliphatic carbocycles. The molecular weight excluding hydrogens is 195 g/mol. The Morgan fingerprint density at radius 3 is 2.80 bits per heavy atom. The average molecular weight is 212 g/mol. The fourth-order valence-corrected chi connectivity index (χ4v) is 1.20. The fraction of sp³-hybridized carbons (Fsp3) is 0.455. The van der Waals surface area contributed by atoms with Crippen molar-refractivity contribution >= 4 is 0 Å². The van der Waals surface area contributed by atoms with Crippen LogP contribution in [0.1, 0.15) is 12.5 Å². The molecule has 0 aliphatic heterocycles. The van der Waals surface area contributed by atoms with Crippen molar-refractivity contribution in [2.24, 2.45) is 5.73 Å². The van der Waals surface area contributed by atoms with E-state index < -0.39 is 0 Å². The molecule has 1 aromatic rings. The standard InChI is InChI=1S/C11H17FN2O/c1-8(6-13)14-7-9-3-4-11(15-2)10(12)5-9/h3-5,8,14H,6-7,13H2,1-2H3. The number of halogens is 1. The number of benzene rings is 1. The van der Waals surface area contributed by atoms with E-state index in [4.69, 9.17) is 10.5 Å². The van der Waals surface area contributed by atoms with Gasteiger partial charge in [0.15, 0.2) is 11.6 Å². The zero-order valence-corrected chi connectivity index (χ0v) is 9.09. The summed E-state index contributed by atoms with van der Waals surface area (Å²) in [7, 11) is 1.45. The maximum atomic E-state index is 13.3. The van der Waals surface area contributed by atoms with Crippen LogP contribution in [0.25, 0.3) is 0 Å². The third-order valence-electron chi connectivity index (χ3n) is 2.22. The molecular formula is C11H17FN2O. The van der Waals surface area contributed by atoms with Gasteiger partial charge in [0.25, 0.3) is 0 Å². The summed E-state index contributed by atoms with van der Waals surface area (Å²) in [5.74, 6) is -0.0668. The molecule has 1 unspecified atom stereocenters. The Morgan fingerprint density at radius 2 is 2.27 bits per heavy atom. The Bertz CT molecular complexity index is 317. The van der Waals surface area contributed by atoms with E-state index in [9.17, 15) is 4.39 Å². The number of methoxy groups -OCH3 is 1. The molecule has 0 aromatic heterocycles. The highest BCUT2D eigenvalue weighted by Gasteiger charge is 2.04. The quantitative estimate of drug-likeness (QED) is 0.772. The molecule has 4 heteroatoms. The van der Waals surface area contributed by atoms with Crippen molar-refractivity contribution in [3.8, 4) is 5.75 Å². The van der Waals surface area contributed by atoms with E-state index in [-0.39, 0.29) is 17.6 Å². The molecule has 3 nitrogen and oxygen atoms in total. The Hall–Kier alpha value is -1.13. The van der Waals surface area contributed by atoms with Gasteiger partial charge in [-0.2, -0.15) is 0 Å². The Balaban J connectivity index is 2.59. The molecule has 0 saturated heterocycles. The number of hydrogen-bond acceptors (Lipinski definition) is 3. The molecule has 1 aromatic carbocycles. The smallest absolute Gasteiger partial charge is 0.165 e. The van der Waals surface area contributed by atoms with E-state index in [0.29, 0.717) is 13.1 Å². The molecule has 0 saturated carbocycles. The third kappa shape index (κ3) is 3.49. The molecule has 0 amide bonds. The van der Waals surface area contributed by atoms with Crippen molar-refractivity contribution in [1.82, 2.24) is 5.32 Å². The minimum absolute atomic E-state index is 0.232. The minimum Gasteiger partial charge on any atom is -0.494 e. The molecule has 0 heterocycles. The second-order valence-corrected chi connectivity index (χ2v) is 3.49. The van der Waals surface area contributed by atoms with Gasteiger partial charge in [-0.25, -0.2) is 4.39 Å².